The molecule has 0 saturated heterocycles. The van der Waals surface area contributed by atoms with E-state index < -0.39 is 0 Å². The van der Waals surface area contributed by atoms with Crippen LogP contribution in [-0.4, -0.2) is 6.04 Å². The summed E-state index contributed by atoms with van der Waals surface area (Å²) in [5.74, 6) is 0. The Labute approximate surface area is 111 Å². The Bertz CT molecular complexity index is 542. The number of benzene rings is 1. The molecule has 0 amide bonds. The maximum atomic E-state index is 6.26. The van der Waals surface area contributed by atoms with Gasteiger partial charge in [0.25, 0.3) is 0 Å². The molecular formula is C14H16ClNS. The first-order valence-corrected chi connectivity index (χ1v) is 7.41. The standard InChI is InChI=1S/C14H16ClNS/c1-2-10-11-4-3-5-12(15)14(11)17-13(10)8-16-9-6-7-9/h3-5,9,16H,2,6-8H2,1H3. The van der Waals surface area contributed by atoms with Crippen LogP contribution < -0.4 is 5.32 Å². The van der Waals surface area contributed by atoms with Crippen LogP contribution in [0.1, 0.15) is 30.2 Å². The molecule has 1 aromatic heterocycles. The highest BCUT2D eigenvalue weighted by atomic mass is 35.5. The summed E-state index contributed by atoms with van der Waals surface area (Å²) in [7, 11) is 0. The van der Waals surface area contributed by atoms with Crippen LogP contribution in [0.4, 0.5) is 0 Å². The molecule has 1 aliphatic rings. The van der Waals surface area contributed by atoms with Gasteiger partial charge in [0, 0.05) is 17.5 Å². The molecule has 0 spiro atoms. The molecule has 3 rings (SSSR count). The van der Waals surface area contributed by atoms with E-state index in [1.165, 1.54) is 33.4 Å². The minimum Gasteiger partial charge on any atom is -0.309 e. The van der Waals surface area contributed by atoms with Gasteiger partial charge in [-0.2, -0.15) is 0 Å². The SMILES string of the molecule is CCc1c(CNC2CC2)sc2c(Cl)cccc12. The Kier molecular flexibility index (Phi) is 3.12. The lowest BCUT2D eigenvalue weighted by atomic mass is 10.1. The van der Waals surface area contributed by atoms with Crippen molar-refractivity contribution in [1.29, 1.82) is 0 Å². The summed E-state index contributed by atoms with van der Waals surface area (Å²) >= 11 is 8.11. The van der Waals surface area contributed by atoms with Crippen molar-refractivity contribution in [2.24, 2.45) is 0 Å². The minimum absolute atomic E-state index is 0.764. The van der Waals surface area contributed by atoms with Gasteiger partial charge in [-0.25, -0.2) is 0 Å². The number of rotatable bonds is 4. The number of halogens is 1. The molecule has 0 bridgehead atoms. The van der Waals surface area contributed by atoms with Crippen molar-refractivity contribution >= 4 is 33.0 Å². The third-order valence-corrected chi connectivity index (χ3v) is 5.04. The molecule has 0 unspecified atom stereocenters. The zero-order valence-corrected chi connectivity index (χ0v) is 11.5. The zero-order valence-electron chi connectivity index (χ0n) is 9.92. The lowest BCUT2D eigenvalue weighted by Crippen LogP contribution is -2.15. The maximum absolute atomic E-state index is 6.26. The fourth-order valence-electron chi connectivity index (χ4n) is 2.24. The summed E-state index contributed by atoms with van der Waals surface area (Å²) in [5.41, 5.74) is 1.47. The second kappa shape index (κ2) is 4.60. The monoisotopic (exact) mass is 265 g/mol. The van der Waals surface area contributed by atoms with E-state index in [2.05, 4.69) is 24.4 Å². The third-order valence-electron chi connectivity index (χ3n) is 3.34. The second-order valence-corrected chi connectivity index (χ2v) is 6.14. The highest BCUT2D eigenvalue weighted by molar-refractivity contribution is 7.20. The molecule has 17 heavy (non-hydrogen) atoms. The van der Waals surface area contributed by atoms with Crippen LogP contribution in [0.5, 0.6) is 0 Å². The van der Waals surface area contributed by atoms with Crippen molar-refractivity contribution in [2.45, 2.75) is 38.8 Å². The van der Waals surface area contributed by atoms with Gasteiger partial charge in [0.05, 0.1) is 9.72 Å². The van der Waals surface area contributed by atoms with Gasteiger partial charge in [-0.05, 0) is 36.3 Å². The Balaban J connectivity index is 2.00. The van der Waals surface area contributed by atoms with E-state index in [9.17, 15) is 0 Å². The van der Waals surface area contributed by atoms with E-state index in [1.54, 1.807) is 0 Å². The van der Waals surface area contributed by atoms with Crippen LogP contribution in [0, 0.1) is 0 Å². The fraction of sp³-hybridized carbons (Fsp3) is 0.429. The Hall–Kier alpha value is -0.570. The van der Waals surface area contributed by atoms with Crippen molar-refractivity contribution in [3.05, 3.63) is 33.7 Å². The van der Waals surface area contributed by atoms with Crippen LogP contribution in [0.25, 0.3) is 10.1 Å². The van der Waals surface area contributed by atoms with Crippen molar-refractivity contribution in [2.75, 3.05) is 0 Å². The first kappa shape index (κ1) is 11.5. The summed E-state index contributed by atoms with van der Waals surface area (Å²) in [4.78, 5) is 1.46. The molecule has 1 heterocycles. The number of hydrogen-bond donors (Lipinski definition) is 1. The Morgan fingerprint density at radius 1 is 1.41 bits per heavy atom. The molecule has 0 atom stereocenters. The lowest BCUT2D eigenvalue weighted by Gasteiger charge is -2.03. The van der Waals surface area contributed by atoms with Gasteiger partial charge < -0.3 is 5.32 Å². The third kappa shape index (κ3) is 2.22. The Morgan fingerprint density at radius 3 is 2.94 bits per heavy atom. The van der Waals surface area contributed by atoms with Gasteiger partial charge in [-0.15, -0.1) is 11.3 Å². The largest absolute Gasteiger partial charge is 0.309 e. The molecule has 2 aromatic rings. The van der Waals surface area contributed by atoms with Gasteiger partial charge in [-0.3, -0.25) is 0 Å². The van der Waals surface area contributed by atoms with Crippen LogP contribution in [0.3, 0.4) is 0 Å². The molecule has 1 N–H and O–H groups in total. The van der Waals surface area contributed by atoms with Crippen molar-refractivity contribution in [3.63, 3.8) is 0 Å². The van der Waals surface area contributed by atoms with E-state index >= 15 is 0 Å². The predicted molar refractivity (Wildman–Crippen MR) is 76.1 cm³/mol. The second-order valence-electron chi connectivity index (χ2n) is 4.63. The Morgan fingerprint density at radius 2 is 2.24 bits per heavy atom. The number of fused-ring (bicyclic) bond motifs is 1. The zero-order chi connectivity index (χ0) is 11.8. The van der Waals surface area contributed by atoms with Gasteiger partial charge in [-0.1, -0.05) is 30.7 Å². The lowest BCUT2D eigenvalue weighted by molar-refractivity contribution is 0.692. The molecule has 0 radical (unpaired) electrons. The van der Waals surface area contributed by atoms with E-state index in [0.717, 1.165) is 24.0 Å². The first-order chi connectivity index (χ1) is 8.29. The average Bonchev–Trinajstić information content (AvgIpc) is 3.08. The number of aryl methyl sites for hydroxylation is 1. The number of nitrogens with one attached hydrogen (secondary N) is 1. The molecule has 1 nitrogen and oxygen atoms in total. The van der Waals surface area contributed by atoms with Crippen LogP contribution >= 0.6 is 22.9 Å². The molecule has 1 aliphatic carbocycles. The van der Waals surface area contributed by atoms with Gasteiger partial charge in [0.15, 0.2) is 0 Å². The molecule has 1 saturated carbocycles. The van der Waals surface area contributed by atoms with Crippen molar-refractivity contribution in [3.8, 4) is 0 Å². The van der Waals surface area contributed by atoms with Crippen LogP contribution in [0.2, 0.25) is 5.02 Å². The van der Waals surface area contributed by atoms with Crippen molar-refractivity contribution in [1.82, 2.24) is 5.32 Å². The first-order valence-electron chi connectivity index (χ1n) is 6.21. The van der Waals surface area contributed by atoms with Crippen molar-refractivity contribution < 1.29 is 0 Å². The summed E-state index contributed by atoms with van der Waals surface area (Å²) in [6.07, 6.45) is 3.77. The normalized spacial score (nSPS) is 15.6. The smallest absolute Gasteiger partial charge is 0.0584 e. The topological polar surface area (TPSA) is 12.0 Å². The highest BCUT2D eigenvalue weighted by Gasteiger charge is 2.21. The van der Waals surface area contributed by atoms with Gasteiger partial charge >= 0.3 is 0 Å². The predicted octanol–water partition coefficient (Wildman–Crippen LogP) is 4.37. The summed E-state index contributed by atoms with van der Waals surface area (Å²) in [5, 5.41) is 5.83. The molecular weight excluding hydrogens is 250 g/mol. The van der Waals surface area contributed by atoms with E-state index in [4.69, 9.17) is 11.6 Å². The highest BCUT2D eigenvalue weighted by Crippen LogP contribution is 2.36. The number of hydrogen-bond acceptors (Lipinski definition) is 2. The van der Waals surface area contributed by atoms with Crippen LogP contribution in [-0.2, 0) is 13.0 Å². The average molecular weight is 266 g/mol. The molecule has 90 valence electrons. The van der Waals surface area contributed by atoms with Crippen LogP contribution in [0.15, 0.2) is 18.2 Å². The van der Waals surface area contributed by atoms with Gasteiger partial charge in [0.2, 0.25) is 0 Å². The summed E-state index contributed by atoms with van der Waals surface area (Å²) in [6, 6.07) is 6.99. The quantitative estimate of drug-likeness (QED) is 0.866. The molecule has 0 aliphatic heterocycles. The minimum atomic E-state index is 0.764. The maximum Gasteiger partial charge on any atom is 0.0584 e. The van der Waals surface area contributed by atoms with E-state index in [0.29, 0.717) is 0 Å². The van der Waals surface area contributed by atoms with E-state index in [-0.39, 0.29) is 0 Å². The molecule has 1 fully saturated rings. The molecule has 3 heteroatoms. The fourth-order valence-corrected chi connectivity index (χ4v) is 3.78. The molecule has 1 aromatic carbocycles. The summed E-state index contributed by atoms with van der Waals surface area (Å²) in [6.45, 7) is 3.23. The van der Waals surface area contributed by atoms with E-state index in [1.807, 2.05) is 17.4 Å². The van der Waals surface area contributed by atoms with Gasteiger partial charge in [0.1, 0.15) is 0 Å². The summed E-state index contributed by atoms with van der Waals surface area (Å²) < 4.78 is 1.25. The number of thiophene rings is 1.